The van der Waals surface area contributed by atoms with Gasteiger partial charge in [-0.15, -0.1) is 0 Å². The van der Waals surface area contributed by atoms with Gasteiger partial charge >= 0.3 is 6.18 Å². The van der Waals surface area contributed by atoms with Crippen molar-refractivity contribution in [3.05, 3.63) is 59.7 Å². The highest BCUT2D eigenvalue weighted by Gasteiger charge is 2.35. The molecule has 0 radical (unpaired) electrons. The van der Waals surface area contributed by atoms with Crippen LogP contribution in [0.15, 0.2) is 42.7 Å². The van der Waals surface area contributed by atoms with Crippen molar-refractivity contribution in [3.63, 3.8) is 0 Å². The van der Waals surface area contributed by atoms with Crippen molar-refractivity contribution in [1.82, 2.24) is 9.55 Å². The predicted octanol–water partition coefficient (Wildman–Crippen LogP) is 3.46. The summed E-state index contributed by atoms with van der Waals surface area (Å²) in [5.74, 6) is -1.55. The van der Waals surface area contributed by atoms with Gasteiger partial charge in [0.25, 0.3) is 5.91 Å². The van der Waals surface area contributed by atoms with Crippen molar-refractivity contribution in [2.24, 2.45) is 0 Å². The SMILES string of the molecule is CC(O)(Cn1cnc2c(F)cccc21)C(=O)Nc1ccc(C#N)c(C(F)(F)F)c1. The zero-order valence-corrected chi connectivity index (χ0v) is 15.0. The lowest BCUT2D eigenvalue weighted by molar-refractivity contribution is -0.138. The molecule has 0 fully saturated rings. The minimum Gasteiger partial charge on any atom is -0.378 e. The summed E-state index contributed by atoms with van der Waals surface area (Å²) in [6, 6.07) is 8.33. The van der Waals surface area contributed by atoms with Crippen LogP contribution in [0.3, 0.4) is 0 Å². The number of carbonyl (C=O) groups excluding carboxylic acids is 1. The fourth-order valence-corrected chi connectivity index (χ4v) is 2.80. The fraction of sp³-hybridized carbons (Fsp3) is 0.211. The topological polar surface area (TPSA) is 90.9 Å². The van der Waals surface area contributed by atoms with Gasteiger partial charge < -0.3 is 15.0 Å². The molecule has 6 nitrogen and oxygen atoms in total. The zero-order chi connectivity index (χ0) is 21.4. The van der Waals surface area contributed by atoms with Crippen LogP contribution in [0.2, 0.25) is 0 Å². The number of imidazole rings is 1. The highest BCUT2D eigenvalue weighted by molar-refractivity contribution is 5.97. The van der Waals surface area contributed by atoms with E-state index in [0.717, 1.165) is 12.1 Å². The first kappa shape index (κ1) is 20.3. The number of alkyl halides is 3. The Morgan fingerprint density at radius 1 is 1.31 bits per heavy atom. The predicted molar refractivity (Wildman–Crippen MR) is 95.1 cm³/mol. The third-order valence-corrected chi connectivity index (χ3v) is 4.27. The molecule has 0 spiro atoms. The Bertz CT molecular complexity index is 1130. The molecule has 1 amide bonds. The Hall–Kier alpha value is -3.45. The first-order valence-corrected chi connectivity index (χ1v) is 8.27. The maximum atomic E-state index is 13.7. The highest BCUT2D eigenvalue weighted by atomic mass is 19.4. The molecule has 0 saturated heterocycles. The number of fused-ring (bicyclic) bond motifs is 1. The summed E-state index contributed by atoms with van der Waals surface area (Å²) < 4.78 is 54.3. The zero-order valence-electron chi connectivity index (χ0n) is 15.0. The summed E-state index contributed by atoms with van der Waals surface area (Å²) in [5, 5.41) is 21.6. The summed E-state index contributed by atoms with van der Waals surface area (Å²) in [7, 11) is 0. The molecule has 1 aromatic heterocycles. The number of aliphatic hydroxyl groups is 1. The van der Waals surface area contributed by atoms with E-state index in [4.69, 9.17) is 5.26 Å². The van der Waals surface area contributed by atoms with E-state index >= 15 is 0 Å². The van der Waals surface area contributed by atoms with Crippen molar-refractivity contribution >= 4 is 22.6 Å². The van der Waals surface area contributed by atoms with E-state index in [1.807, 2.05) is 0 Å². The number of para-hydroxylation sites is 1. The summed E-state index contributed by atoms with van der Waals surface area (Å²) >= 11 is 0. The Labute approximate surface area is 162 Å². The van der Waals surface area contributed by atoms with Gasteiger partial charge in [0.15, 0.2) is 11.4 Å². The number of nitrogens with zero attached hydrogens (tertiary/aromatic N) is 3. The second kappa shape index (κ2) is 7.18. The number of aromatic nitrogens is 2. The van der Waals surface area contributed by atoms with Crippen LogP contribution in [-0.2, 0) is 17.5 Å². The van der Waals surface area contributed by atoms with Crippen molar-refractivity contribution in [3.8, 4) is 6.07 Å². The van der Waals surface area contributed by atoms with Gasteiger partial charge in [0, 0.05) is 5.69 Å². The molecule has 3 aromatic rings. The van der Waals surface area contributed by atoms with Crippen LogP contribution in [0.5, 0.6) is 0 Å². The molecule has 150 valence electrons. The molecule has 10 heteroatoms. The Kier molecular flexibility index (Phi) is 5.02. The monoisotopic (exact) mass is 406 g/mol. The molecule has 3 rings (SSSR count). The first-order valence-electron chi connectivity index (χ1n) is 8.27. The number of amides is 1. The summed E-state index contributed by atoms with van der Waals surface area (Å²) in [6.07, 6.45) is -3.53. The summed E-state index contributed by atoms with van der Waals surface area (Å²) in [5.41, 5.74) is -3.67. The smallest absolute Gasteiger partial charge is 0.378 e. The number of hydrogen-bond acceptors (Lipinski definition) is 4. The average molecular weight is 406 g/mol. The van der Waals surface area contributed by atoms with Gasteiger partial charge in [0.05, 0.1) is 35.6 Å². The highest BCUT2D eigenvalue weighted by Crippen LogP contribution is 2.33. The lowest BCUT2D eigenvalue weighted by atomic mass is 10.0. The minimum atomic E-state index is -4.78. The summed E-state index contributed by atoms with van der Waals surface area (Å²) in [6.45, 7) is 0.850. The molecule has 2 aromatic carbocycles. The number of hydrogen-bond donors (Lipinski definition) is 2. The van der Waals surface area contributed by atoms with E-state index in [2.05, 4.69) is 10.3 Å². The summed E-state index contributed by atoms with van der Waals surface area (Å²) in [4.78, 5) is 16.4. The van der Waals surface area contributed by atoms with Crippen molar-refractivity contribution in [2.75, 3.05) is 5.32 Å². The van der Waals surface area contributed by atoms with Gasteiger partial charge in [0.2, 0.25) is 0 Å². The number of rotatable bonds is 4. The average Bonchev–Trinajstić information content (AvgIpc) is 3.04. The number of nitriles is 1. The van der Waals surface area contributed by atoms with E-state index < -0.39 is 34.6 Å². The molecule has 0 aliphatic carbocycles. The number of nitrogens with one attached hydrogen (secondary N) is 1. The van der Waals surface area contributed by atoms with Gasteiger partial charge in [-0.2, -0.15) is 18.4 Å². The maximum absolute atomic E-state index is 13.7. The molecule has 2 N–H and O–H groups in total. The third-order valence-electron chi connectivity index (χ3n) is 4.27. The third kappa shape index (κ3) is 4.05. The molecule has 0 bridgehead atoms. The number of benzene rings is 2. The quantitative estimate of drug-likeness (QED) is 0.650. The van der Waals surface area contributed by atoms with E-state index in [-0.39, 0.29) is 17.7 Å². The standard InChI is InChI=1S/C19H14F4N4O2/c1-18(29,9-27-10-25-16-14(20)3-2-4-15(16)27)17(28)26-12-6-5-11(8-24)13(7-12)19(21,22)23/h2-7,10,29H,9H2,1H3,(H,26,28). The van der Waals surface area contributed by atoms with Gasteiger partial charge in [-0.25, -0.2) is 9.37 Å². The molecule has 0 saturated carbocycles. The van der Waals surface area contributed by atoms with Crippen LogP contribution < -0.4 is 5.32 Å². The fourth-order valence-electron chi connectivity index (χ4n) is 2.80. The van der Waals surface area contributed by atoms with E-state index in [0.29, 0.717) is 11.6 Å². The molecule has 1 heterocycles. The molecule has 0 aliphatic rings. The maximum Gasteiger partial charge on any atom is 0.417 e. The second-order valence-electron chi connectivity index (χ2n) is 6.58. The normalized spacial score (nSPS) is 13.7. The van der Waals surface area contributed by atoms with E-state index in [1.54, 1.807) is 6.07 Å². The number of anilines is 1. The number of halogens is 4. The van der Waals surface area contributed by atoms with Gasteiger partial charge in [-0.3, -0.25) is 4.79 Å². The molecular weight excluding hydrogens is 392 g/mol. The van der Waals surface area contributed by atoms with Crippen LogP contribution in [0, 0.1) is 17.1 Å². The molecule has 1 unspecified atom stereocenters. The first-order chi connectivity index (χ1) is 13.5. The van der Waals surface area contributed by atoms with Crippen LogP contribution >= 0.6 is 0 Å². The molecule has 1 atom stereocenters. The Balaban J connectivity index is 1.84. The van der Waals surface area contributed by atoms with Gasteiger partial charge in [0.1, 0.15) is 5.52 Å². The van der Waals surface area contributed by atoms with Crippen LogP contribution in [0.4, 0.5) is 23.2 Å². The Morgan fingerprint density at radius 2 is 2.03 bits per heavy atom. The van der Waals surface area contributed by atoms with E-state index in [9.17, 15) is 27.5 Å². The van der Waals surface area contributed by atoms with Crippen molar-refractivity contribution in [1.29, 1.82) is 5.26 Å². The van der Waals surface area contributed by atoms with Crippen molar-refractivity contribution < 1.29 is 27.5 Å². The second-order valence-corrected chi connectivity index (χ2v) is 6.58. The molecule has 29 heavy (non-hydrogen) atoms. The number of carbonyl (C=O) groups is 1. The lowest BCUT2D eigenvalue weighted by Gasteiger charge is -2.23. The molecular formula is C19H14F4N4O2. The van der Waals surface area contributed by atoms with Crippen molar-refractivity contribution in [2.45, 2.75) is 25.2 Å². The van der Waals surface area contributed by atoms with Crippen LogP contribution in [0.1, 0.15) is 18.1 Å². The molecule has 0 aliphatic heterocycles. The Morgan fingerprint density at radius 3 is 2.69 bits per heavy atom. The van der Waals surface area contributed by atoms with Gasteiger partial charge in [-0.05, 0) is 37.3 Å². The van der Waals surface area contributed by atoms with Crippen LogP contribution in [-0.4, -0.2) is 26.2 Å². The lowest BCUT2D eigenvalue weighted by Crippen LogP contribution is -2.43. The minimum absolute atomic E-state index is 0.0608. The van der Waals surface area contributed by atoms with Gasteiger partial charge in [-0.1, -0.05) is 6.07 Å². The largest absolute Gasteiger partial charge is 0.417 e. The van der Waals surface area contributed by atoms with Crippen LogP contribution in [0.25, 0.3) is 11.0 Å². The van der Waals surface area contributed by atoms with E-state index in [1.165, 1.54) is 36.0 Å².